The molecule has 0 aliphatic rings. The molecule has 0 fully saturated rings. The Morgan fingerprint density at radius 3 is 2.41 bits per heavy atom. The second-order valence-electron chi connectivity index (χ2n) is 7.10. The highest BCUT2D eigenvalue weighted by Crippen LogP contribution is 2.31. The van der Waals surface area contributed by atoms with Crippen molar-refractivity contribution in [2.45, 2.75) is 40.0 Å². The van der Waals surface area contributed by atoms with Crippen LogP contribution in [0.3, 0.4) is 0 Å². The van der Waals surface area contributed by atoms with Gasteiger partial charge in [-0.1, -0.05) is 50.2 Å². The summed E-state index contributed by atoms with van der Waals surface area (Å²) in [6, 6.07) is 15.7. The number of rotatable bonds is 6. The van der Waals surface area contributed by atoms with E-state index < -0.39 is 5.97 Å². The smallest absolute Gasteiger partial charge is 0.308 e. The van der Waals surface area contributed by atoms with Crippen LogP contribution >= 0.6 is 0 Å². The van der Waals surface area contributed by atoms with Gasteiger partial charge in [0.15, 0.2) is 0 Å². The van der Waals surface area contributed by atoms with Crippen molar-refractivity contribution in [1.29, 1.82) is 0 Å². The Morgan fingerprint density at radius 2 is 1.74 bits per heavy atom. The predicted octanol–water partition coefficient (Wildman–Crippen LogP) is 5.01. The molecular weight excluding hydrogens is 340 g/mol. The first kappa shape index (κ1) is 18.8. The number of nitrogens with zero attached hydrogens (tertiary/aromatic N) is 2. The van der Waals surface area contributed by atoms with Crippen LogP contribution < -0.4 is 4.74 Å². The van der Waals surface area contributed by atoms with E-state index in [1.807, 2.05) is 13.0 Å². The number of hydrogen-bond donors (Lipinski definition) is 0. The fourth-order valence-electron chi connectivity index (χ4n) is 2.96. The molecule has 0 aliphatic heterocycles. The summed E-state index contributed by atoms with van der Waals surface area (Å²) < 4.78 is 11.1. The van der Waals surface area contributed by atoms with Gasteiger partial charge >= 0.3 is 5.97 Å². The third-order valence-corrected chi connectivity index (χ3v) is 4.31. The van der Waals surface area contributed by atoms with Gasteiger partial charge in [-0.2, -0.15) is 0 Å². The third-order valence-electron chi connectivity index (χ3n) is 4.31. The van der Waals surface area contributed by atoms with Crippen molar-refractivity contribution in [3.8, 4) is 17.2 Å². The van der Waals surface area contributed by atoms with Crippen molar-refractivity contribution in [3.63, 3.8) is 0 Å². The zero-order valence-corrected chi connectivity index (χ0v) is 16.1. The molecule has 0 saturated carbocycles. The van der Waals surface area contributed by atoms with Gasteiger partial charge in [0.25, 0.3) is 5.89 Å². The van der Waals surface area contributed by atoms with Gasteiger partial charge in [-0.25, -0.2) is 0 Å². The van der Waals surface area contributed by atoms with E-state index in [9.17, 15) is 4.79 Å². The molecular formula is C22H24N2O3. The van der Waals surface area contributed by atoms with E-state index in [0.717, 1.165) is 12.0 Å². The van der Waals surface area contributed by atoms with E-state index in [-0.39, 0.29) is 5.92 Å². The SMILES string of the molecule is CC(=O)Oc1ccccc1-c1nnc(C(C)c2ccc(CC(C)C)cc2)o1. The molecule has 3 aromatic rings. The fraction of sp³-hybridized carbons (Fsp3) is 0.318. The molecule has 1 heterocycles. The largest absolute Gasteiger partial charge is 0.426 e. The fourth-order valence-corrected chi connectivity index (χ4v) is 2.96. The van der Waals surface area contributed by atoms with Crippen molar-refractivity contribution in [3.05, 3.63) is 65.5 Å². The second kappa shape index (κ2) is 8.16. The van der Waals surface area contributed by atoms with E-state index in [4.69, 9.17) is 9.15 Å². The molecule has 5 heteroatoms. The standard InChI is InChI=1S/C22H24N2O3/c1-14(2)13-17-9-11-18(12-10-17)15(3)21-23-24-22(27-21)19-7-5-6-8-20(19)26-16(4)25/h5-12,14-15H,13H2,1-4H3. The molecule has 0 spiro atoms. The van der Waals surface area contributed by atoms with Gasteiger partial charge in [0.2, 0.25) is 5.89 Å². The lowest BCUT2D eigenvalue weighted by Gasteiger charge is -2.10. The molecule has 0 amide bonds. The number of esters is 1. The lowest BCUT2D eigenvalue weighted by atomic mass is 9.97. The molecule has 2 aromatic carbocycles. The highest BCUT2D eigenvalue weighted by molar-refractivity contribution is 5.73. The van der Waals surface area contributed by atoms with Crippen LogP contribution in [-0.2, 0) is 11.2 Å². The first-order chi connectivity index (χ1) is 12.9. The van der Waals surface area contributed by atoms with Crippen LogP contribution in [0.5, 0.6) is 5.75 Å². The van der Waals surface area contributed by atoms with Crippen molar-refractivity contribution in [2.75, 3.05) is 0 Å². The topological polar surface area (TPSA) is 65.2 Å². The molecule has 140 valence electrons. The first-order valence-corrected chi connectivity index (χ1v) is 9.14. The molecule has 1 aromatic heterocycles. The van der Waals surface area contributed by atoms with E-state index >= 15 is 0 Å². The number of ether oxygens (including phenoxy) is 1. The highest BCUT2D eigenvalue weighted by Gasteiger charge is 2.19. The zero-order valence-electron chi connectivity index (χ0n) is 16.1. The summed E-state index contributed by atoms with van der Waals surface area (Å²) in [4.78, 5) is 11.3. The van der Waals surface area contributed by atoms with Crippen molar-refractivity contribution < 1.29 is 13.9 Å². The summed E-state index contributed by atoms with van der Waals surface area (Å²) in [6.45, 7) is 7.82. The van der Waals surface area contributed by atoms with Gasteiger partial charge in [-0.15, -0.1) is 10.2 Å². The maximum Gasteiger partial charge on any atom is 0.308 e. The van der Waals surface area contributed by atoms with Gasteiger partial charge in [0, 0.05) is 6.92 Å². The van der Waals surface area contributed by atoms with Gasteiger partial charge in [-0.05, 0) is 42.5 Å². The average Bonchev–Trinajstić information content (AvgIpc) is 3.11. The van der Waals surface area contributed by atoms with Gasteiger partial charge in [0.05, 0.1) is 11.5 Å². The molecule has 0 aliphatic carbocycles. The lowest BCUT2D eigenvalue weighted by molar-refractivity contribution is -0.131. The molecule has 27 heavy (non-hydrogen) atoms. The Balaban J connectivity index is 1.82. The van der Waals surface area contributed by atoms with E-state index in [2.05, 4.69) is 48.3 Å². The molecule has 0 bridgehead atoms. The summed E-state index contributed by atoms with van der Waals surface area (Å²) in [6.07, 6.45) is 1.06. The summed E-state index contributed by atoms with van der Waals surface area (Å²) in [5.74, 6) is 1.48. The first-order valence-electron chi connectivity index (χ1n) is 9.14. The average molecular weight is 364 g/mol. The minimum Gasteiger partial charge on any atom is -0.426 e. The van der Waals surface area contributed by atoms with Crippen LogP contribution in [0, 0.1) is 5.92 Å². The Hall–Kier alpha value is -2.95. The molecule has 0 saturated heterocycles. The minimum atomic E-state index is -0.392. The number of benzene rings is 2. The number of hydrogen-bond acceptors (Lipinski definition) is 5. The second-order valence-corrected chi connectivity index (χ2v) is 7.10. The Kier molecular flexibility index (Phi) is 5.69. The normalized spacial score (nSPS) is 12.2. The maximum absolute atomic E-state index is 11.3. The van der Waals surface area contributed by atoms with Crippen molar-refractivity contribution in [2.24, 2.45) is 5.92 Å². The van der Waals surface area contributed by atoms with E-state index in [1.165, 1.54) is 12.5 Å². The third kappa shape index (κ3) is 4.61. The van der Waals surface area contributed by atoms with Crippen LogP contribution in [0.1, 0.15) is 50.6 Å². The van der Waals surface area contributed by atoms with Crippen LogP contribution in [0.25, 0.3) is 11.5 Å². The van der Waals surface area contributed by atoms with Crippen molar-refractivity contribution in [1.82, 2.24) is 10.2 Å². The Bertz CT molecular complexity index is 913. The molecule has 0 radical (unpaired) electrons. The summed E-state index contributed by atoms with van der Waals surface area (Å²) in [7, 11) is 0. The molecule has 5 nitrogen and oxygen atoms in total. The summed E-state index contributed by atoms with van der Waals surface area (Å²) >= 11 is 0. The summed E-state index contributed by atoms with van der Waals surface area (Å²) in [5, 5.41) is 8.35. The monoisotopic (exact) mass is 364 g/mol. The lowest BCUT2D eigenvalue weighted by Crippen LogP contribution is -2.02. The van der Waals surface area contributed by atoms with Crippen LogP contribution in [0.2, 0.25) is 0 Å². The number of carbonyl (C=O) groups is 1. The zero-order chi connectivity index (χ0) is 19.4. The molecule has 1 unspecified atom stereocenters. The van der Waals surface area contributed by atoms with Gasteiger partial charge in [0.1, 0.15) is 5.75 Å². The number of para-hydroxylation sites is 1. The molecule has 3 rings (SSSR count). The predicted molar refractivity (Wildman–Crippen MR) is 104 cm³/mol. The highest BCUT2D eigenvalue weighted by atomic mass is 16.5. The van der Waals surface area contributed by atoms with Crippen molar-refractivity contribution >= 4 is 5.97 Å². The quantitative estimate of drug-likeness (QED) is 0.454. The number of aromatic nitrogens is 2. The molecule has 1 atom stereocenters. The Labute approximate surface area is 159 Å². The van der Waals surface area contributed by atoms with Crippen LogP contribution in [-0.4, -0.2) is 16.2 Å². The van der Waals surface area contributed by atoms with Gasteiger partial charge < -0.3 is 9.15 Å². The summed E-state index contributed by atoms with van der Waals surface area (Å²) in [5.41, 5.74) is 3.04. The van der Waals surface area contributed by atoms with Gasteiger partial charge in [-0.3, -0.25) is 4.79 Å². The Morgan fingerprint density at radius 1 is 1.04 bits per heavy atom. The van der Waals surface area contributed by atoms with E-state index in [0.29, 0.717) is 29.0 Å². The maximum atomic E-state index is 11.3. The minimum absolute atomic E-state index is 0.0276. The number of carbonyl (C=O) groups excluding carboxylic acids is 1. The van der Waals surface area contributed by atoms with Crippen LogP contribution in [0.15, 0.2) is 52.9 Å². The van der Waals surface area contributed by atoms with Crippen LogP contribution in [0.4, 0.5) is 0 Å². The molecule has 0 N–H and O–H groups in total. The van der Waals surface area contributed by atoms with E-state index in [1.54, 1.807) is 18.2 Å².